The van der Waals surface area contributed by atoms with E-state index in [-0.39, 0.29) is 5.91 Å². The molecule has 0 aliphatic heterocycles. The molecular weight excluding hydrogens is 276 g/mol. The molecule has 1 heterocycles. The third kappa shape index (κ3) is 3.48. The third-order valence-electron chi connectivity index (χ3n) is 2.46. The van der Waals surface area contributed by atoms with Crippen LogP contribution in [0.5, 0.6) is 11.5 Å². The first-order valence-electron chi connectivity index (χ1n) is 6.35. The van der Waals surface area contributed by atoms with Crippen LogP contribution in [0.1, 0.15) is 24.2 Å². The highest BCUT2D eigenvalue weighted by molar-refractivity contribution is 7.13. The summed E-state index contributed by atoms with van der Waals surface area (Å²) in [6.45, 7) is 4.85. The Bertz CT molecular complexity index is 570. The largest absolute Gasteiger partial charge is 0.490 e. The van der Waals surface area contributed by atoms with Crippen molar-refractivity contribution in [2.24, 2.45) is 0 Å². The maximum atomic E-state index is 12.1. The second-order valence-corrected chi connectivity index (χ2v) is 4.71. The van der Waals surface area contributed by atoms with Crippen LogP contribution in [0, 0.1) is 0 Å². The Labute approximate surface area is 121 Å². The normalized spacial score (nSPS) is 10.1. The Morgan fingerprint density at radius 1 is 1.25 bits per heavy atom. The van der Waals surface area contributed by atoms with Gasteiger partial charge in [0, 0.05) is 17.1 Å². The average molecular weight is 292 g/mol. The van der Waals surface area contributed by atoms with Gasteiger partial charge < -0.3 is 9.47 Å². The zero-order valence-corrected chi connectivity index (χ0v) is 12.2. The predicted molar refractivity (Wildman–Crippen MR) is 78.8 cm³/mol. The van der Waals surface area contributed by atoms with E-state index in [0.717, 1.165) is 0 Å². The van der Waals surface area contributed by atoms with Gasteiger partial charge in [0.2, 0.25) is 0 Å². The van der Waals surface area contributed by atoms with E-state index in [1.807, 2.05) is 13.8 Å². The van der Waals surface area contributed by atoms with Gasteiger partial charge in [-0.1, -0.05) is 0 Å². The molecule has 0 saturated carbocycles. The first-order chi connectivity index (χ1) is 9.74. The maximum absolute atomic E-state index is 12.1. The minimum absolute atomic E-state index is 0.219. The van der Waals surface area contributed by atoms with Crippen molar-refractivity contribution < 1.29 is 14.3 Å². The minimum atomic E-state index is -0.219. The highest BCUT2D eigenvalue weighted by Gasteiger charge is 2.12. The second-order valence-electron chi connectivity index (χ2n) is 3.82. The van der Waals surface area contributed by atoms with E-state index in [2.05, 4.69) is 10.3 Å². The number of benzene rings is 1. The molecule has 20 heavy (non-hydrogen) atoms. The molecule has 2 rings (SSSR count). The number of nitrogens with one attached hydrogen (secondary N) is 1. The number of carbonyl (C=O) groups excluding carboxylic acids is 1. The van der Waals surface area contributed by atoms with Crippen molar-refractivity contribution in [2.75, 3.05) is 18.5 Å². The Kier molecular flexibility index (Phi) is 4.95. The van der Waals surface area contributed by atoms with Crippen LogP contribution in [0.4, 0.5) is 5.13 Å². The first kappa shape index (κ1) is 14.3. The Morgan fingerprint density at radius 3 is 2.65 bits per heavy atom. The Balaban J connectivity index is 2.19. The van der Waals surface area contributed by atoms with Gasteiger partial charge in [-0.15, -0.1) is 11.3 Å². The number of anilines is 1. The maximum Gasteiger partial charge on any atom is 0.257 e. The lowest BCUT2D eigenvalue weighted by molar-refractivity contribution is 0.102. The van der Waals surface area contributed by atoms with E-state index < -0.39 is 0 Å². The molecule has 2 aromatic rings. The van der Waals surface area contributed by atoms with Crippen LogP contribution in [0.2, 0.25) is 0 Å². The number of aromatic nitrogens is 1. The van der Waals surface area contributed by atoms with Gasteiger partial charge in [0.25, 0.3) is 5.91 Å². The van der Waals surface area contributed by atoms with Gasteiger partial charge >= 0.3 is 0 Å². The number of carbonyl (C=O) groups is 1. The highest BCUT2D eigenvalue weighted by atomic mass is 32.1. The molecule has 1 N–H and O–H groups in total. The van der Waals surface area contributed by atoms with Crippen LogP contribution in [-0.2, 0) is 0 Å². The van der Waals surface area contributed by atoms with Gasteiger partial charge in [-0.25, -0.2) is 4.98 Å². The van der Waals surface area contributed by atoms with Crippen molar-refractivity contribution in [2.45, 2.75) is 13.8 Å². The SMILES string of the molecule is CCOc1ccc(C(=O)Nc2nccs2)cc1OCC. The summed E-state index contributed by atoms with van der Waals surface area (Å²) in [6.07, 6.45) is 1.64. The van der Waals surface area contributed by atoms with Crippen LogP contribution in [0.3, 0.4) is 0 Å². The molecule has 0 fully saturated rings. The molecular formula is C14H16N2O3S. The van der Waals surface area contributed by atoms with Gasteiger partial charge in [0.15, 0.2) is 16.6 Å². The molecule has 6 heteroatoms. The molecule has 1 amide bonds. The molecule has 0 aliphatic rings. The minimum Gasteiger partial charge on any atom is -0.490 e. The van der Waals surface area contributed by atoms with Gasteiger partial charge in [0.05, 0.1) is 13.2 Å². The molecule has 1 aromatic carbocycles. The molecule has 0 bridgehead atoms. The number of rotatable bonds is 6. The third-order valence-corrected chi connectivity index (χ3v) is 3.15. The highest BCUT2D eigenvalue weighted by Crippen LogP contribution is 2.29. The summed E-state index contributed by atoms with van der Waals surface area (Å²) in [7, 11) is 0. The van der Waals surface area contributed by atoms with Crippen molar-refractivity contribution in [3.63, 3.8) is 0 Å². The van der Waals surface area contributed by atoms with Crippen molar-refractivity contribution in [1.29, 1.82) is 0 Å². The van der Waals surface area contributed by atoms with Crippen molar-refractivity contribution in [3.8, 4) is 11.5 Å². The van der Waals surface area contributed by atoms with Crippen LogP contribution in [0.25, 0.3) is 0 Å². The fourth-order valence-electron chi connectivity index (χ4n) is 1.65. The lowest BCUT2D eigenvalue weighted by Gasteiger charge is -2.12. The summed E-state index contributed by atoms with van der Waals surface area (Å²) in [5, 5.41) is 5.11. The summed E-state index contributed by atoms with van der Waals surface area (Å²) in [5.74, 6) is 0.991. The standard InChI is InChI=1S/C14H16N2O3S/c1-3-18-11-6-5-10(9-12(11)19-4-2)13(17)16-14-15-7-8-20-14/h5-9H,3-4H2,1-2H3,(H,15,16,17). The predicted octanol–water partition coefficient (Wildman–Crippen LogP) is 3.19. The molecule has 0 aliphatic carbocycles. The van der Waals surface area contributed by atoms with Crippen LogP contribution < -0.4 is 14.8 Å². The van der Waals surface area contributed by atoms with E-state index >= 15 is 0 Å². The molecule has 106 valence electrons. The number of nitrogens with zero attached hydrogens (tertiary/aromatic N) is 1. The van der Waals surface area contributed by atoms with E-state index in [1.165, 1.54) is 11.3 Å². The van der Waals surface area contributed by atoms with Crippen molar-refractivity contribution >= 4 is 22.4 Å². The van der Waals surface area contributed by atoms with E-state index in [4.69, 9.17) is 9.47 Å². The summed E-state index contributed by atoms with van der Waals surface area (Å²) >= 11 is 1.37. The van der Waals surface area contributed by atoms with Gasteiger partial charge in [0.1, 0.15) is 0 Å². The topological polar surface area (TPSA) is 60.5 Å². The lowest BCUT2D eigenvalue weighted by atomic mass is 10.2. The zero-order chi connectivity index (χ0) is 14.4. The molecule has 0 radical (unpaired) electrons. The molecule has 5 nitrogen and oxygen atoms in total. The molecule has 0 unspecified atom stereocenters. The van der Waals surface area contributed by atoms with Crippen molar-refractivity contribution in [3.05, 3.63) is 35.3 Å². The summed E-state index contributed by atoms with van der Waals surface area (Å²) in [5.41, 5.74) is 0.507. The zero-order valence-electron chi connectivity index (χ0n) is 11.4. The van der Waals surface area contributed by atoms with Gasteiger partial charge in [-0.3, -0.25) is 10.1 Å². The summed E-state index contributed by atoms with van der Waals surface area (Å²) < 4.78 is 11.0. The van der Waals surface area contributed by atoms with E-state index in [0.29, 0.717) is 35.4 Å². The Hall–Kier alpha value is -2.08. The number of amides is 1. The molecule has 0 spiro atoms. The van der Waals surface area contributed by atoms with Crippen LogP contribution >= 0.6 is 11.3 Å². The summed E-state index contributed by atoms with van der Waals surface area (Å²) in [6, 6.07) is 5.12. The smallest absolute Gasteiger partial charge is 0.257 e. The van der Waals surface area contributed by atoms with E-state index in [1.54, 1.807) is 29.8 Å². The fraction of sp³-hybridized carbons (Fsp3) is 0.286. The second kappa shape index (κ2) is 6.91. The molecule has 1 aromatic heterocycles. The number of hydrogen-bond acceptors (Lipinski definition) is 5. The lowest BCUT2D eigenvalue weighted by Crippen LogP contribution is -2.12. The molecule has 0 saturated heterocycles. The van der Waals surface area contributed by atoms with Gasteiger partial charge in [-0.05, 0) is 32.0 Å². The first-order valence-corrected chi connectivity index (χ1v) is 7.23. The monoisotopic (exact) mass is 292 g/mol. The summed E-state index contributed by atoms with van der Waals surface area (Å²) in [4.78, 5) is 16.1. The quantitative estimate of drug-likeness (QED) is 0.888. The average Bonchev–Trinajstić information content (AvgIpc) is 2.94. The molecule has 0 atom stereocenters. The van der Waals surface area contributed by atoms with Crippen LogP contribution in [-0.4, -0.2) is 24.1 Å². The number of ether oxygens (including phenoxy) is 2. The van der Waals surface area contributed by atoms with Crippen molar-refractivity contribution in [1.82, 2.24) is 4.98 Å². The van der Waals surface area contributed by atoms with Crippen LogP contribution in [0.15, 0.2) is 29.8 Å². The number of hydrogen-bond donors (Lipinski definition) is 1. The number of thiazole rings is 1. The Morgan fingerprint density at radius 2 is 2.00 bits per heavy atom. The van der Waals surface area contributed by atoms with E-state index in [9.17, 15) is 4.79 Å². The van der Waals surface area contributed by atoms with Gasteiger partial charge in [-0.2, -0.15) is 0 Å². The fourth-order valence-corrected chi connectivity index (χ4v) is 2.17.